The van der Waals surface area contributed by atoms with Crippen molar-refractivity contribution in [1.29, 1.82) is 0 Å². The van der Waals surface area contributed by atoms with Gasteiger partial charge in [-0.15, -0.1) is 0 Å². The molecule has 156 valence electrons. The van der Waals surface area contributed by atoms with Crippen molar-refractivity contribution in [2.75, 3.05) is 0 Å². The van der Waals surface area contributed by atoms with Crippen molar-refractivity contribution in [2.24, 2.45) is 0 Å². The Morgan fingerprint density at radius 3 is 1.18 bits per heavy atom. The zero-order chi connectivity index (χ0) is 23.3. The molecule has 0 N–H and O–H groups in total. The van der Waals surface area contributed by atoms with Crippen molar-refractivity contribution >= 4 is 52.2 Å². The van der Waals surface area contributed by atoms with Gasteiger partial charge >= 0.3 is 0 Å². The van der Waals surface area contributed by atoms with Crippen LogP contribution in [0.25, 0.3) is 0 Å². The van der Waals surface area contributed by atoms with Crippen LogP contribution in [0.2, 0.25) is 0 Å². The Balaban J connectivity index is 2.43. The molecule has 0 radical (unpaired) electrons. The first kappa shape index (κ1) is 21.8. The molecule has 0 atom stereocenters. The number of hydrogen-bond donors (Lipinski definition) is 0. The summed E-state index contributed by atoms with van der Waals surface area (Å²) in [4.78, 5) is 47.6. The lowest BCUT2D eigenvalue weighted by atomic mass is 10.2. The molecule has 4 nitrogen and oxygen atoms in total. The first-order chi connectivity index (χ1) is 16.2. The van der Waals surface area contributed by atoms with Crippen molar-refractivity contribution in [2.45, 2.75) is 0 Å². The van der Waals surface area contributed by atoms with E-state index < -0.39 is 7.26 Å². The molecule has 0 amide bonds. The van der Waals surface area contributed by atoms with Gasteiger partial charge in [-0.05, 0) is 36.4 Å². The van der Waals surface area contributed by atoms with Crippen molar-refractivity contribution in [1.82, 2.24) is 0 Å². The Morgan fingerprint density at radius 1 is 0.455 bits per heavy atom. The van der Waals surface area contributed by atoms with Gasteiger partial charge < -0.3 is 0 Å². The van der Waals surface area contributed by atoms with Crippen molar-refractivity contribution < 1.29 is 19.2 Å². The van der Waals surface area contributed by atoms with Gasteiger partial charge in [0.15, 0.2) is 0 Å². The van der Waals surface area contributed by atoms with E-state index in [1.807, 2.05) is 96.9 Å². The fraction of sp³-hybridized carbons (Fsp3) is 0. The van der Waals surface area contributed by atoms with Crippen molar-refractivity contribution in [3.8, 4) is 0 Å². The van der Waals surface area contributed by atoms with E-state index in [9.17, 15) is 19.2 Å². The van der Waals surface area contributed by atoms with Crippen molar-refractivity contribution in [3.63, 3.8) is 0 Å². The number of carbonyl (C=O) groups excluding carboxylic acids is 4. The standard InChI is InChI=1S/C28H16O4P/c29-17-21-16-28(27(20-32)26(19-31)25(21)18-30)33(22-10-4-1-5-11-22,23-12-6-2-7-13-23)24-14-8-3-9-15-24/h1-16H/q+1. The smallest absolute Gasteiger partial charge is 0.145 e. The van der Waals surface area contributed by atoms with E-state index in [4.69, 9.17) is 0 Å². The molecule has 4 rings (SSSR count). The molecule has 0 heterocycles. The molecule has 0 bridgehead atoms. The van der Waals surface area contributed by atoms with Crippen LogP contribution in [0.4, 0.5) is 0 Å². The lowest BCUT2D eigenvalue weighted by Gasteiger charge is -2.27. The summed E-state index contributed by atoms with van der Waals surface area (Å²) in [5.41, 5.74) is 0. The summed E-state index contributed by atoms with van der Waals surface area (Å²) in [6.07, 6.45) is 0. The van der Waals surface area contributed by atoms with Gasteiger partial charge in [-0.2, -0.15) is 0 Å². The maximum atomic E-state index is 12.3. The Morgan fingerprint density at radius 2 is 0.848 bits per heavy atom. The van der Waals surface area contributed by atoms with Crippen LogP contribution in [0, 0.1) is 0 Å². The third-order valence-corrected chi connectivity index (χ3v) is 9.81. The highest BCUT2D eigenvalue weighted by Gasteiger charge is 2.49. The Labute approximate surface area is 189 Å². The van der Waals surface area contributed by atoms with Crippen LogP contribution in [0.15, 0.2) is 97.1 Å². The van der Waals surface area contributed by atoms with Gasteiger partial charge in [-0.25, -0.2) is 19.2 Å². The summed E-state index contributed by atoms with van der Waals surface area (Å²) >= 11 is 0. The normalized spacial score (nSPS) is 10.4. The second-order valence-corrected chi connectivity index (χ2v) is 10.5. The van der Waals surface area contributed by atoms with E-state index in [2.05, 4.69) is 0 Å². The van der Waals surface area contributed by atoms with Crippen LogP contribution < -0.4 is 42.1 Å². The molecule has 0 fully saturated rings. The topological polar surface area (TPSA) is 68.3 Å². The lowest BCUT2D eigenvalue weighted by molar-refractivity contribution is 0.561. The van der Waals surface area contributed by atoms with E-state index in [1.54, 1.807) is 17.8 Å². The monoisotopic (exact) mass is 447 g/mol. The second-order valence-electron chi connectivity index (χ2n) is 7.15. The molecule has 0 spiro atoms. The van der Waals surface area contributed by atoms with Gasteiger partial charge in [0.2, 0.25) is 0 Å². The minimum absolute atomic E-state index is 0.104. The summed E-state index contributed by atoms with van der Waals surface area (Å²) in [5, 5.41) is 2.20. The molecular weight excluding hydrogens is 431 g/mol. The van der Waals surface area contributed by atoms with E-state index in [0.29, 0.717) is 5.30 Å². The van der Waals surface area contributed by atoms with Crippen LogP contribution in [-0.4, -0.2) is 23.8 Å². The molecule has 0 aliphatic carbocycles. The third-order valence-electron chi connectivity index (χ3n) is 5.51. The van der Waals surface area contributed by atoms with E-state index >= 15 is 0 Å². The SMILES string of the molecule is O=C=c1cc([P+](c2ccccc2)(c2ccccc2)c2ccccc2)c(=C=O)c(=C=O)c1=C=O. The number of hydrogen-bond acceptors (Lipinski definition) is 4. The molecular formula is C28H16O4P+. The first-order valence-corrected chi connectivity index (χ1v) is 11.8. The zero-order valence-electron chi connectivity index (χ0n) is 17.3. The van der Waals surface area contributed by atoms with E-state index in [-0.39, 0.29) is 20.9 Å². The summed E-state index contributed by atoms with van der Waals surface area (Å²) in [5.74, 6) is 6.87. The molecule has 4 aromatic rings. The summed E-state index contributed by atoms with van der Waals surface area (Å²) in [6.45, 7) is 0. The maximum Gasteiger partial charge on any atom is 0.145 e. The Bertz CT molecular complexity index is 1560. The molecule has 0 aliphatic heterocycles. The summed E-state index contributed by atoms with van der Waals surface area (Å²) in [6, 6.07) is 30.2. The van der Waals surface area contributed by atoms with Gasteiger partial charge in [0.25, 0.3) is 0 Å². The quantitative estimate of drug-likeness (QED) is 0.351. The average molecular weight is 447 g/mol. The molecule has 0 saturated carbocycles. The van der Waals surface area contributed by atoms with Crippen LogP contribution in [-0.2, 0) is 19.2 Å². The molecule has 5 heteroatoms. The molecule has 0 aliphatic rings. The highest BCUT2D eigenvalue weighted by Crippen LogP contribution is 2.52. The Kier molecular flexibility index (Phi) is 6.23. The van der Waals surface area contributed by atoms with Crippen LogP contribution in [0.1, 0.15) is 0 Å². The fourth-order valence-electron chi connectivity index (χ4n) is 4.14. The highest BCUT2D eigenvalue weighted by molar-refractivity contribution is 8.01. The predicted molar refractivity (Wildman–Crippen MR) is 129 cm³/mol. The fourth-order valence-corrected chi connectivity index (χ4v) is 8.55. The average Bonchev–Trinajstić information content (AvgIpc) is 2.90. The molecule has 33 heavy (non-hydrogen) atoms. The van der Waals surface area contributed by atoms with Gasteiger partial charge in [-0.3, -0.25) is 0 Å². The molecule has 0 saturated heterocycles. The zero-order valence-corrected chi connectivity index (χ0v) is 18.2. The minimum Gasteiger partial charge on any atom is -0.233 e. The summed E-state index contributed by atoms with van der Waals surface area (Å²) < 4.78 is 0. The molecule has 0 aromatic heterocycles. The van der Waals surface area contributed by atoms with Crippen LogP contribution >= 0.6 is 7.26 Å². The third kappa shape index (κ3) is 3.54. The number of rotatable bonds is 4. The maximum absolute atomic E-state index is 12.3. The first-order valence-electron chi connectivity index (χ1n) is 10.0. The summed E-state index contributed by atoms with van der Waals surface area (Å²) in [7, 11) is -2.82. The van der Waals surface area contributed by atoms with Gasteiger partial charge in [0, 0.05) is 6.07 Å². The van der Waals surface area contributed by atoms with Gasteiger partial charge in [0.1, 0.15) is 62.7 Å². The van der Waals surface area contributed by atoms with Crippen molar-refractivity contribution in [3.05, 3.63) is 118 Å². The van der Waals surface area contributed by atoms with Crippen LogP contribution in [0.3, 0.4) is 0 Å². The van der Waals surface area contributed by atoms with Crippen LogP contribution in [0.5, 0.6) is 0 Å². The van der Waals surface area contributed by atoms with E-state index in [1.165, 1.54) is 6.07 Å². The Hall–Kier alpha value is -4.37. The number of benzene rings is 4. The predicted octanol–water partition coefficient (Wildman–Crippen LogP) is -1.68. The lowest BCUT2D eigenvalue weighted by Crippen LogP contribution is -2.60. The molecule has 0 unspecified atom stereocenters. The van der Waals surface area contributed by atoms with Gasteiger partial charge in [0.05, 0.1) is 10.4 Å². The van der Waals surface area contributed by atoms with Gasteiger partial charge in [-0.1, -0.05) is 54.6 Å². The van der Waals surface area contributed by atoms with E-state index in [0.717, 1.165) is 15.9 Å². The highest BCUT2D eigenvalue weighted by atomic mass is 31.2. The largest absolute Gasteiger partial charge is 0.233 e. The minimum atomic E-state index is -2.82. The molecule has 4 aromatic carbocycles. The second kappa shape index (κ2) is 9.41.